The van der Waals surface area contributed by atoms with Crippen LogP contribution in [0.15, 0.2) is 77.0 Å². The lowest BCUT2D eigenvalue weighted by Gasteiger charge is -2.34. The molecule has 6 nitrogen and oxygen atoms in total. The first-order valence-electron chi connectivity index (χ1n) is 10.8. The fourth-order valence-corrected chi connectivity index (χ4v) is 6.19. The number of nitrogens with zero attached hydrogens (tertiary/aromatic N) is 2. The highest BCUT2D eigenvalue weighted by molar-refractivity contribution is 7.89. The van der Waals surface area contributed by atoms with E-state index in [1.807, 2.05) is 47.8 Å². The minimum Gasteiger partial charge on any atom is -0.344 e. The number of rotatable bonds is 8. The molecule has 1 atom stereocenters. The van der Waals surface area contributed by atoms with Crippen molar-refractivity contribution in [2.75, 3.05) is 32.7 Å². The molecule has 1 aliphatic heterocycles. The number of sulfonamides is 1. The van der Waals surface area contributed by atoms with E-state index in [9.17, 15) is 17.6 Å². The van der Waals surface area contributed by atoms with E-state index in [1.54, 1.807) is 11.3 Å². The van der Waals surface area contributed by atoms with Crippen LogP contribution in [-0.2, 0) is 14.8 Å². The number of carbonyl (C=O) groups is 1. The maximum absolute atomic E-state index is 14.0. The van der Waals surface area contributed by atoms with Crippen LogP contribution in [0.2, 0.25) is 0 Å². The summed E-state index contributed by atoms with van der Waals surface area (Å²) in [6.07, 6.45) is 0.314. The molecule has 0 aliphatic carbocycles. The zero-order valence-corrected chi connectivity index (χ0v) is 19.7. The quantitative estimate of drug-likeness (QED) is 0.528. The summed E-state index contributed by atoms with van der Waals surface area (Å²) in [4.78, 5) is 15.6. The van der Waals surface area contributed by atoms with Crippen LogP contribution >= 0.6 is 11.3 Å². The van der Waals surface area contributed by atoms with Gasteiger partial charge in [-0.15, -0.1) is 11.3 Å². The molecule has 1 fully saturated rings. The van der Waals surface area contributed by atoms with Gasteiger partial charge in [0.2, 0.25) is 15.9 Å². The fraction of sp³-hybridized carbons (Fsp3) is 0.292. The Morgan fingerprint density at radius 1 is 0.970 bits per heavy atom. The molecule has 9 heteroatoms. The third-order valence-electron chi connectivity index (χ3n) is 5.71. The molecular formula is C24H26FN3O3S2. The van der Waals surface area contributed by atoms with Gasteiger partial charge in [0, 0.05) is 44.0 Å². The predicted molar refractivity (Wildman–Crippen MR) is 127 cm³/mol. The molecular weight excluding hydrogens is 461 g/mol. The maximum Gasteiger partial charge on any atom is 0.246 e. The Morgan fingerprint density at radius 3 is 2.33 bits per heavy atom. The number of halogens is 1. The van der Waals surface area contributed by atoms with E-state index in [0.717, 1.165) is 16.5 Å². The van der Waals surface area contributed by atoms with Crippen LogP contribution in [0.25, 0.3) is 0 Å². The molecule has 2 aromatic carbocycles. The van der Waals surface area contributed by atoms with Gasteiger partial charge >= 0.3 is 0 Å². The highest BCUT2D eigenvalue weighted by atomic mass is 32.2. The lowest BCUT2D eigenvalue weighted by molar-refractivity contribution is -0.122. The van der Waals surface area contributed by atoms with Gasteiger partial charge in [-0.1, -0.05) is 48.5 Å². The summed E-state index contributed by atoms with van der Waals surface area (Å²) in [7, 11) is -3.87. The van der Waals surface area contributed by atoms with Crippen molar-refractivity contribution in [2.45, 2.75) is 17.4 Å². The summed E-state index contributed by atoms with van der Waals surface area (Å²) in [5, 5.41) is 5.13. The highest BCUT2D eigenvalue weighted by Gasteiger charge is 2.30. The summed E-state index contributed by atoms with van der Waals surface area (Å²) >= 11 is 1.60. The molecule has 33 heavy (non-hydrogen) atoms. The molecule has 0 spiro atoms. The van der Waals surface area contributed by atoms with Crippen LogP contribution in [0.1, 0.15) is 22.9 Å². The van der Waals surface area contributed by atoms with Crippen LogP contribution in [0.5, 0.6) is 0 Å². The van der Waals surface area contributed by atoms with Gasteiger partial charge in [0.25, 0.3) is 0 Å². The number of thiophene rings is 1. The van der Waals surface area contributed by atoms with Crippen molar-refractivity contribution in [2.24, 2.45) is 0 Å². The van der Waals surface area contributed by atoms with Crippen LogP contribution < -0.4 is 5.32 Å². The topological polar surface area (TPSA) is 69.7 Å². The van der Waals surface area contributed by atoms with Gasteiger partial charge in [0.15, 0.2) is 0 Å². The lowest BCUT2D eigenvalue weighted by atomic mass is 10.1. The summed E-state index contributed by atoms with van der Waals surface area (Å²) in [5.74, 6) is -0.797. The summed E-state index contributed by atoms with van der Waals surface area (Å²) in [6.45, 7) is 2.05. The van der Waals surface area contributed by atoms with Gasteiger partial charge in [0.05, 0.1) is 6.04 Å². The summed E-state index contributed by atoms with van der Waals surface area (Å²) in [5.41, 5.74) is 1.03. The Morgan fingerprint density at radius 2 is 1.67 bits per heavy atom. The van der Waals surface area contributed by atoms with Crippen molar-refractivity contribution in [1.29, 1.82) is 0 Å². The second-order valence-corrected chi connectivity index (χ2v) is 10.7. The molecule has 1 amide bonds. The van der Waals surface area contributed by atoms with Crippen LogP contribution in [0.3, 0.4) is 0 Å². The van der Waals surface area contributed by atoms with E-state index in [-0.39, 0.29) is 29.9 Å². The normalized spacial score (nSPS) is 16.4. The first kappa shape index (κ1) is 23.6. The van der Waals surface area contributed by atoms with E-state index >= 15 is 0 Å². The standard InChI is InChI=1S/C24H26FN3O3S2/c25-20-9-4-5-11-22(20)33(30,31)28-16-14-27(15-17-28)13-12-23(29)26-24(21-10-6-18-32-21)19-7-2-1-3-8-19/h1-11,18,24H,12-17H2,(H,26,29)/t24-/m1/s1. The molecule has 4 rings (SSSR count). The number of amides is 1. The zero-order valence-electron chi connectivity index (χ0n) is 18.1. The largest absolute Gasteiger partial charge is 0.344 e. The molecule has 174 valence electrons. The number of hydrogen-bond acceptors (Lipinski definition) is 5. The van der Waals surface area contributed by atoms with Crippen molar-refractivity contribution in [3.05, 3.63) is 88.4 Å². The highest BCUT2D eigenvalue weighted by Crippen LogP contribution is 2.26. The van der Waals surface area contributed by atoms with E-state index < -0.39 is 15.8 Å². The number of hydrogen-bond donors (Lipinski definition) is 1. The lowest BCUT2D eigenvalue weighted by Crippen LogP contribution is -2.49. The molecule has 1 aromatic heterocycles. The monoisotopic (exact) mass is 487 g/mol. The first-order chi connectivity index (χ1) is 15.9. The summed E-state index contributed by atoms with van der Waals surface area (Å²) < 4.78 is 40.8. The average molecular weight is 488 g/mol. The Balaban J connectivity index is 1.31. The van der Waals surface area contributed by atoms with Gasteiger partial charge in [-0.3, -0.25) is 4.79 Å². The maximum atomic E-state index is 14.0. The third-order valence-corrected chi connectivity index (χ3v) is 8.58. The van der Waals surface area contributed by atoms with Crippen LogP contribution in [0, 0.1) is 5.82 Å². The predicted octanol–water partition coefficient (Wildman–Crippen LogP) is 3.49. The van der Waals surface area contributed by atoms with Crippen molar-refractivity contribution >= 4 is 27.3 Å². The first-order valence-corrected chi connectivity index (χ1v) is 13.1. The molecule has 0 bridgehead atoms. The van der Waals surface area contributed by atoms with E-state index in [2.05, 4.69) is 10.2 Å². The molecule has 1 N–H and O–H groups in total. The van der Waals surface area contributed by atoms with Gasteiger partial charge in [-0.2, -0.15) is 4.31 Å². The number of carbonyl (C=O) groups excluding carboxylic acids is 1. The average Bonchev–Trinajstić information content (AvgIpc) is 3.37. The van der Waals surface area contributed by atoms with Crippen molar-refractivity contribution in [3.8, 4) is 0 Å². The molecule has 0 unspecified atom stereocenters. The van der Waals surface area contributed by atoms with Crippen molar-refractivity contribution in [1.82, 2.24) is 14.5 Å². The molecule has 0 saturated carbocycles. The smallest absolute Gasteiger partial charge is 0.246 e. The van der Waals surface area contributed by atoms with Crippen molar-refractivity contribution in [3.63, 3.8) is 0 Å². The third kappa shape index (κ3) is 5.67. The van der Waals surface area contributed by atoms with E-state index in [1.165, 1.54) is 22.5 Å². The number of nitrogens with one attached hydrogen (secondary N) is 1. The van der Waals surface area contributed by atoms with Gasteiger partial charge in [0.1, 0.15) is 10.7 Å². The fourth-order valence-electron chi connectivity index (χ4n) is 3.90. The van der Waals surface area contributed by atoms with Gasteiger partial charge in [-0.05, 0) is 29.1 Å². The van der Waals surface area contributed by atoms with Gasteiger partial charge < -0.3 is 10.2 Å². The molecule has 2 heterocycles. The second kappa shape index (κ2) is 10.6. The Hall–Kier alpha value is -2.59. The summed E-state index contributed by atoms with van der Waals surface area (Å²) in [6, 6.07) is 19.1. The van der Waals surface area contributed by atoms with Crippen molar-refractivity contribution < 1.29 is 17.6 Å². The Labute approximate surface area is 197 Å². The SMILES string of the molecule is O=C(CCN1CCN(S(=O)(=O)c2ccccc2F)CC1)N[C@H](c1ccccc1)c1cccs1. The zero-order chi connectivity index (χ0) is 23.3. The van der Waals surface area contributed by atoms with E-state index in [4.69, 9.17) is 0 Å². The molecule has 0 radical (unpaired) electrons. The van der Waals surface area contributed by atoms with E-state index in [0.29, 0.717) is 26.1 Å². The second-order valence-electron chi connectivity index (χ2n) is 7.85. The minimum atomic E-state index is -3.87. The van der Waals surface area contributed by atoms with Crippen LogP contribution in [-0.4, -0.2) is 56.3 Å². The molecule has 3 aromatic rings. The Bertz CT molecular complexity index is 1160. The molecule has 1 aliphatic rings. The number of benzene rings is 2. The Kier molecular flexibility index (Phi) is 7.54. The minimum absolute atomic E-state index is 0.0568. The van der Waals surface area contributed by atoms with Crippen LogP contribution in [0.4, 0.5) is 4.39 Å². The van der Waals surface area contributed by atoms with Gasteiger partial charge in [-0.25, -0.2) is 12.8 Å². The molecule has 1 saturated heterocycles. The number of piperazine rings is 1.